The van der Waals surface area contributed by atoms with Crippen LogP contribution in [0.15, 0.2) is 29.1 Å². The highest BCUT2D eigenvalue weighted by molar-refractivity contribution is 5.81. The van der Waals surface area contributed by atoms with Gasteiger partial charge >= 0.3 is 0 Å². The van der Waals surface area contributed by atoms with E-state index in [9.17, 15) is 9.59 Å². The number of fused-ring (bicyclic) bond motifs is 1. The number of ether oxygens (including phenoxy) is 1. The molecule has 0 atom stereocenters. The van der Waals surface area contributed by atoms with Crippen LogP contribution < -0.4 is 15.6 Å². The lowest BCUT2D eigenvalue weighted by Gasteiger charge is -2.08. The highest BCUT2D eigenvalue weighted by Crippen LogP contribution is 2.18. The number of nitrogens with one attached hydrogen (secondary N) is 2. The average Bonchev–Trinajstić information content (AvgIpc) is 2.52. The number of amides is 1. The molecule has 0 aliphatic heterocycles. The van der Waals surface area contributed by atoms with Crippen molar-refractivity contribution in [2.75, 3.05) is 13.7 Å². The van der Waals surface area contributed by atoms with E-state index >= 15 is 0 Å². The molecule has 2 aromatic rings. The Kier molecular flexibility index (Phi) is 5.79. The predicted molar refractivity (Wildman–Crippen MR) is 91.9 cm³/mol. The Morgan fingerprint density at radius 2 is 2.09 bits per heavy atom. The van der Waals surface area contributed by atoms with Crippen LogP contribution in [0.25, 0.3) is 10.9 Å². The van der Waals surface area contributed by atoms with E-state index in [0.717, 1.165) is 17.3 Å². The molecule has 5 nitrogen and oxygen atoms in total. The number of aryl methyl sites for hydroxylation is 1. The quantitative estimate of drug-likeness (QED) is 0.825. The molecule has 0 spiro atoms. The van der Waals surface area contributed by atoms with Crippen molar-refractivity contribution in [3.05, 3.63) is 40.2 Å². The molecule has 0 fully saturated rings. The SMILES string of the molecule is COc1ccc2cc(CCC(=O)NCCC(C)C)c(=O)[nH]c2c1. The summed E-state index contributed by atoms with van der Waals surface area (Å²) in [7, 11) is 1.59. The first-order valence-corrected chi connectivity index (χ1v) is 7.96. The van der Waals surface area contributed by atoms with Gasteiger partial charge in [0.15, 0.2) is 0 Å². The molecular formula is C18H24N2O3. The van der Waals surface area contributed by atoms with Crippen molar-refractivity contribution in [3.63, 3.8) is 0 Å². The van der Waals surface area contributed by atoms with Crippen molar-refractivity contribution in [2.45, 2.75) is 33.1 Å². The molecule has 124 valence electrons. The summed E-state index contributed by atoms with van der Waals surface area (Å²) in [5.41, 5.74) is 1.21. The van der Waals surface area contributed by atoms with E-state index in [-0.39, 0.29) is 11.5 Å². The first-order chi connectivity index (χ1) is 11.0. The second kappa shape index (κ2) is 7.81. The number of carbonyl (C=O) groups excluding carboxylic acids is 1. The molecule has 0 bridgehead atoms. The zero-order chi connectivity index (χ0) is 16.8. The van der Waals surface area contributed by atoms with Crippen LogP contribution in [0.4, 0.5) is 0 Å². The number of hydrogen-bond acceptors (Lipinski definition) is 3. The molecule has 0 saturated carbocycles. The van der Waals surface area contributed by atoms with Crippen molar-refractivity contribution in [3.8, 4) is 5.75 Å². The van der Waals surface area contributed by atoms with Crippen LogP contribution in [0.1, 0.15) is 32.3 Å². The zero-order valence-electron chi connectivity index (χ0n) is 13.9. The van der Waals surface area contributed by atoms with Gasteiger partial charge in [0.05, 0.1) is 12.6 Å². The summed E-state index contributed by atoms with van der Waals surface area (Å²) in [4.78, 5) is 26.8. The average molecular weight is 316 g/mol. The number of pyridine rings is 1. The fraction of sp³-hybridized carbons (Fsp3) is 0.444. The van der Waals surface area contributed by atoms with Crippen LogP contribution in [0.3, 0.4) is 0 Å². The Hall–Kier alpha value is -2.30. The molecular weight excluding hydrogens is 292 g/mol. The third kappa shape index (κ3) is 4.84. The maximum absolute atomic E-state index is 12.1. The minimum atomic E-state index is -0.152. The highest BCUT2D eigenvalue weighted by Gasteiger charge is 2.07. The van der Waals surface area contributed by atoms with E-state index in [1.54, 1.807) is 13.2 Å². The van der Waals surface area contributed by atoms with Gasteiger partial charge < -0.3 is 15.0 Å². The molecule has 1 amide bonds. The Balaban J connectivity index is 2.01. The summed E-state index contributed by atoms with van der Waals surface area (Å²) in [6, 6.07) is 7.38. The first-order valence-electron chi connectivity index (χ1n) is 7.96. The number of aromatic nitrogens is 1. The lowest BCUT2D eigenvalue weighted by atomic mass is 10.1. The lowest BCUT2D eigenvalue weighted by Crippen LogP contribution is -2.26. The van der Waals surface area contributed by atoms with Crippen molar-refractivity contribution < 1.29 is 9.53 Å². The van der Waals surface area contributed by atoms with Crippen LogP contribution >= 0.6 is 0 Å². The van der Waals surface area contributed by atoms with Crippen molar-refractivity contribution in [1.82, 2.24) is 10.3 Å². The molecule has 0 radical (unpaired) electrons. The van der Waals surface area contributed by atoms with E-state index in [2.05, 4.69) is 24.1 Å². The Morgan fingerprint density at radius 3 is 2.78 bits per heavy atom. The van der Waals surface area contributed by atoms with Gasteiger partial charge in [-0.15, -0.1) is 0 Å². The second-order valence-electron chi connectivity index (χ2n) is 6.11. The number of hydrogen-bond donors (Lipinski definition) is 2. The molecule has 1 aromatic carbocycles. The van der Waals surface area contributed by atoms with Crippen LogP contribution in [0.5, 0.6) is 5.75 Å². The summed E-state index contributed by atoms with van der Waals surface area (Å²) < 4.78 is 5.15. The number of rotatable bonds is 7. The predicted octanol–water partition coefficient (Wildman–Crippen LogP) is 2.63. The van der Waals surface area contributed by atoms with Gasteiger partial charge in [-0.2, -0.15) is 0 Å². The summed E-state index contributed by atoms with van der Waals surface area (Å²) >= 11 is 0. The largest absolute Gasteiger partial charge is 0.497 e. The number of H-pyrrole nitrogens is 1. The van der Waals surface area contributed by atoms with Gasteiger partial charge in [-0.25, -0.2) is 0 Å². The van der Waals surface area contributed by atoms with Crippen LogP contribution in [0, 0.1) is 5.92 Å². The first kappa shape index (κ1) is 17.1. The van der Waals surface area contributed by atoms with Crippen LogP contribution in [-0.2, 0) is 11.2 Å². The summed E-state index contributed by atoms with van der Waals surface area (Å²) in [5, 5.41) is 3.82. The van der Waals surface area contributed by atoms with Crippen molar-refractivity contribution >= 4 is 16.8 Å². The van der Waals surface area contributed by atoms with Gasteiger partial charge in [0.2, 0.25) is 5.91 Å². The molecule has 2 rings (SSSR count). The molecule has 0 aliphatic carbocycles. The summed E-state index contributed by atoms with van der Waals surface area (Å²) in [6.07, 6.45) is 1.72. The van der Waals surface area contributed by atoms with Gasteiger partial charge in [-0.3, -0.25) is 9.59 Å². The van der Waals surface area contributed by atoms with E-state index in [4.69, 9.17) is 4.74 Å². The van der Waals surface area contributed by atoms with Gasteiger partial charge in [-0.1, -0.05) is 13.8 Å². The summed E-state index contributed by atoms with van der Waals surface area (Å²) in [6.45, 7) is 4.93. The maximum Gasteiger partial charge on any atom is 0.251 e. The number of benzene rings is 1. The molecule has 1 heterocycles. The van der Waals surface area contributed by atoms with Crippen molar-refractivity contribution in [1.29, 1.82) is 0 Å². The monoisotopic (exact) mass is 316 g/mol. The second-order valence-corrected chi connectivity index (χ2v) is 6.11. The Labute approximate surface area is 136 Å². The van der Waals surface area contributed by atoms with Crippen LogP contribution in [0.2, 0.25) is 0 Å². The normalized spacial score (nSPS) is 11.0. The Morgan fingerprint density at radius 1 is 1.30 bits per heavy atom. The number of methoxy groups -OCH3 is 1. The molecule has 0 unspecified atom stereocenters. The van der Waals surface area contributed by atoms with Crippen LogP contribution in [-0.4, -0.2) is 24.5 Å². The molecule has 0 saturated heterocycles. The van der Waals surface area contributed by atoms with E-state index in [1.807, 2.05) is 18.2 Å². The highest BCUT2D eigenvalue weighted by atomic mass is 16.5. The van der Waals surface area contributed by atoms with E-state index < -0.39 is 0 Å². The molecule has 0 aliphatic rings. The minimum absolute atomic E-state index is 0.0140. The smallest absolute Gasteiger partial charge is 0.251 e. The minimum Gasteiger partial charge on any atom is -0.497 e. The fourth-order valence-electron chi connectivity index (χ4n) is 2.37. The van der Waals surface area contributed by atoms with E-state index in [0.29, 0.717) is 36.6 Å². The third-order valence-corrected chi connectivity index (χ3v) is 3.80. The molecule has 5 heteroatoms. The third-order valence-electron chi connectivity index (χ3n) is 3.80. The molecule has 2 N–H and O–H groups in total. The van der Waals surface area contributed by atoms with Gasteiger partial charge in [0.1, 0.15) is 5.75 Å². The number of carbonyl (C=O) groups is 1. The number of aromatic amines is 1. The lowest BCUT2D eigenvalue weighted by molar-refractivity contribution is -0.121. The fourth-order valence-corrected chi connectivity index (χ4v) is 2.37. The topological polar surface area (TPSA) is 71.2 Å². The van der Waals surface area contributed by atoms with E-state index in [1.165, 1.54) is 0 Å². The zero-order valence-corrected chi connectivity index (χ0v) is 13.9. The molecule has 23 heavy (non-hydrogen) atoms. The Bertz CT molecular complexity index is 735. The van der Waals surface area contributed by atoms with Gasteiger partial charge in [0.25, 0.3) is 5.56 Å². The standard InChI is InChI=1S/C18H24N2O3/c1-12(2)8-9-19-17(21)7-5-14-10-13-4-6-15(23-3)11-16(13)20-18(14)22/h4,6,10-12H,5,7-9H2,1-3H3,(H,19,21)(H,20,22). The maximum atomic E-state index is 12.1. The summed E-state index contributed by atoms with van der Waals surface area (Å²) in [5.74, 6) is 1.25. The van der Waals surface area contributed by atoms with Gasteiger partial charge in [0, 0.05) is 24.6 Å². The van der Waals surface area contributed by atoms with Crippen molar-refractivity contribution in [2.24, 2.45) is 5.92 Å². The van der Waals surface area contributed by atoms with Gasteiger partial charge in [-0.05, 0) is 42.3 Å². The molecule has 1 aromatic heterocycles.